The molecule has 19 heavy (non-hydrogen) atoms. The largest absolute Gasteiger partial charge is 0.0722 e. The molecule has 0 saturated heterocycles. The van der Waals surface area contributed by atoms with Crippen molar-refractivity contribution in [1.82, 2.24) is 0 Å². The number of hydrogen-bond donors (Lipinski definition) is 0. The van der Waals surface area contributed by atoms with Crippen LogP contribution in [0.2, 0.25) is 0 Å². The van der Waals surface area contributed by atoms with Crippen molar-refractivity contribution in [1.29, 1.82) is 0 Å². The lowest BCUT2D eigenvalue weighted by Crippen LogP contribution is -2.19. The zero-order valence-electron chi connectivity index (χ0n) is 10.6. The summed E-state index contributed by atoms with van der Waals surface area (Å²) in [6, 6.07) is 21.7. The van der Waals surface area contributed by atoms with Crippen molar-refractivity contribution in [3.8, 4) is 11.1 Å². The Hall–Kier alpha value is -2.34. The third-order valence-corrected chi connectivity index (χ3v) is 3.88. The summed E-state index contributed by atoms with van der Waals surface area (Å²) >= 11 is 0. The Balaban J connectivity index is 2.12. The maximum atomic E-state index is 2.34. The van der Waals surface area contributed by atoms with E-state index < -0.39 is 0 Å². The minimum Gasteiger partial charge on any atom is -0.0722 e. The summed E-state index contributed by atoms with van der Waals surface area (Å²) in [5.74, 6) is 0. The molecule has 0 heterocycles. The lowest BCUT2D eigenvalue weighted by Gasteiger charge is -2.00. The van der Waals surface area contributed by atoms with Gasteiger partial charge in [0, 0.05) is 0 Å². The average molecular weight is 242 g/mol. The lowest BCUT2D eigenvalue weighted by atomic mass is 10.0. The van der Waals surface area contributed by atoms with Gasteiger partial charge in [-0.3, -0.25) is 0 Å². The minimum absolute atomic E-state index is 1.02. The molecule has 0 unspecified atom stereocenters. The molecular formula is C19H14. The highest BCUT2D eigenvalue weighted by Gasteiger charge is 2.08. The molecule has 0 amide bonds. The van der Waals surface area contributed by atoms with E-state index in [2.05, 4.69) is 72.8 Å². The molecule has 0 saturated carbocycles. The predicted octanol–water partition coefficient (Wildman–Crippen LogP) is 2.96. The van der Waals surface area contributed by atoms with Crippen LogP contribution >= 0.6 is 0 Å². The lowest BCUT2D eigenvalue weighted by molar-refractivity contribution is 1.32. The Morgan fingerprint density at radius 1 is 0.789 bits per heavy atom. The molecule has 90 valence electrons. The predicted molar refractivity (Wildman–Crippen MR) is 80.5 cm³/mol. The summed E-state index contributed by atoms with van der Waals surface area (Å²) < 4.78 is 0. The second-order valence-corrected chi connectivity index (χ2v) is 5.04. The first-order chi connectivity index (χ1) is 9.42. The van der Waals surface area contributed by atoms with Crippen molar-refractivity contribution in [2.24, 2.45) is 0 Å². The Morgan fingerprint density at radius 2 is 1.63 bits per heavy atom. The van der Waals surface area contributed by atoms with Gasteiger partial charge < -0.3 is 0 Å². The van der Waals surface area contributed by atoms with Crippen molar-refractivity contribution in [3.05, 3.63) is 82.2 Å². The summed E-state index contributed by atoms with van der Waals surface area (Å²) in [6.07, 6.45) is 5.69. The van der Waals surface area contributed by atoms with Crippen LogP contribution in [0.15, 0.2) is 60.7 Å². The van der Waals surface area contributed by atoms with Crippen LogP contribution < -0.4 is 10.4 Å². The van der Waals surface area contributed by atoms with Gasteiger partial charge in [0.15, 0.2) is 0 Å². The highest BCUT2D eigenvalue weighted by molar-refractivity contribution is 5.73. The Labute approximate surface area is 112 Å². The van der Waals surface area contributed by atoms with Crippen molar-refractivity contribution in [2.45, 2.75) is 6.42 Å². The van der Waals surface area contributed by atoms with E-state index >= 15 is 0 Å². The standard InChI is InChI=1S/C19H14/c1-2-8-16-12-17-11-10-14-6-4-5-7-15(14)13-19(17)18(16)9-3-1/h1-9,11-13H,10H2. The van der Waals surface area contributed by atoms with Gasteiger partial charge in [-0.25, -0.2) is 0 Å². The van der Waals surface area contributed by atoms with Gasteiger partial charge in [-0.2, -0.15) is 0 Å². The van der Waals surface area contributed by atoms with Gasteiger partial charge in [-0.1, -0.05) is 60.7 Å². The minimum atomic E-state index is 1.02. The fraction of sp³-hybridized carbons (Fsp3) is 0.0526. The highest BCUT2D eigenvalue weighted by atomic mass is 14.1. The molecule has 0 spiro atoms. The molecule has 0 bridgehead atoms. The number of hydrogen-bond acceptors (Lipinski definition) is 0. The first-order valence-corrected chi connectivity index (χ1v) is 6.69. The molecule has 3 aliphatic carbocycles. The molecular weight excluding hydrogens is 228 g/mol. The monoisotopic (exact) mass is 242 g/mol. The number of benzene rings is 1. The molecule has 0 nitrogen and oxygen atoms in total. The van der Waals surface area contributed by atoms with E-state index in [-0.39, 0.29) is 0 Å². The van der Waals surface area contributed by atoms with Crippen LogP contribution in [0.1, 0.15) is 11.1 Å². The molecule has 4 rings (SSSR count). The molecule has 1 aromatic rings. The van der Waals surface area contributed by atoms with Gasteiger partial charge in [0.2, 0.25) is 0 Å². The first kappa shape index (κ1) is 10.6. The average Bonchev–Trinajstić information content (AvgIpc) is 2.63. The Morgan fingerprint density at radius 3 is 2.63 bits per heavy atom. The number of fused-ring (bicyclic) bond motifs is 4. The summed E-state index contributed by atoms with van der Waals surface area (Å²) in [7, 11) is 0. The molecule has 0 N–H and O–H groups in total. The van der Waals surface area contributed by atoms with Gasteiger partial charge in [0.05, 0.1) is 0 Å². The van der Waals surface area contributed by atoms with Crippen LogP contribution in [0.5, 0.6) is 0 Å². The molecule has 1 aromatic carbocycles. The zero-order chi connectivity index (χ0) is 12.7. The fourth-order valence-corrected chi connectivity index (χ4v) is 2.90. The van der Waals surface area contributed by atoms with E-state index in [9.17, 15) is 0 Å². The molecule has 0 aromatic heterocycles. The van der Waals surface area contributed by atoms with Gasteiger partial charge in [-0.05, 0) is 51.3 Å². The molecule has 3 aliphatic rings. The first-order valence-electron chi connectivity index (χ1n) is 6.69. The Kier molecular flexibility index (Phi) is 2.28. The van der Waals surface area contributed by atoms with Crippen molar-refractivity contribution >= 4 is 12.2 Å². The second kappa shape index (κ2) is 4.10. The summed E-state index contributed by atoms with van der Waals surface area (Å²) in [5.41, 5.74) is 5.42. The van der Waals surface area contributed by atoms with Crippen molar-refractivity contribution < 1.29 is 0 Å². The molecule has 0 fully saturated rings. The van der Waals surface area contributed by atoms with E-state index in [1.54, 1.807) is 0 Å². The summed E-state index contributed by atoms with van der Waals surface area (Å²) in [5, 5.41) is 2.72. The quantitative estimate of drug-likeness (QED) is 0.568. The molecule has 0 aliphatic heterocycles. The van der Waals surface area contributed by atoms with Crippen LogP contribution in [0.4, 0.5) is 0 Å². The van der Waals surface area contributed by atoms with Gasteiger partial charge >= 0.3 is 0 Å². The maximum Gasteiger partial charge on any atom is -0.00823 e. The van der Waals surface area contributed by atoms with E-state index in [0.29, 0.717) is 0 Å². The topological polar surface area (TPSA) is 0 Å². The van der Waals surface area contributed by atoms with E-state index in [1.165, 1.54) is 32.7 Å². The number of rotatable bonds is 0. The molecule has 0 radical (unpaired) electrons. The second-order valence-electron chi connectivity index (χ2n) is 5.04. The molecule has 0 heteroatoms. The van der Waals surface area contributed by atoms with Crippen LogP contribution in [-0.4, -0.2) is 0 Å². The van der Waals surface area contributed by atoms with Crippen LogP contribution in [-0.2, 0) is 6.42 Å². The van der Waals surface area contributed by atoms with Gasteiger partial charge in [0.1, 0.15) is 0 Å². The van der Waals surface area contributed by atoms with Crippen molar-refractivity contribution in [2.75, 3.05) is 0 Å². The van der Waals surface area contributed by atoms with E-state index in [0.717, 1.165) is 6.42 Å². The Bertz CT molecular complexity index is 840. The van der Waals surface area contributed by atoms with Crippen molar-refractivity contribution in [3.63, 3.8) is 0 Å². The molecule has 0 atom stereocenters. The smallest absolute Gasteiger partial charge is 0.00823 e. The van der Waals surface area contributed by atoms with Crippen LogP contribution in [0.3, 0.4) is 0 Å². The van der Waals surface area contributed by atoms with E-state index in [1.807, 2.05) is 0 Å². The normalized spacial score (nSPS) is 12.8. The van der Waals surface area contributed by atoms with Gasteiger partial charge in [-0.15, -0.1) is 0 Å². The third-order valence-electron chi connectivity index (χ3n) is 3.88. The third kappa shape index (κ3) is 1.68. The summed E-state index contributed by atoms with van der Waals surface area (Å²) in [4.78, 5) is 0. The maximum absolute atomic E-state index is 2.34. The zero-order valence-corrected chi connectivity index (χ0v) is 10.6. The van der Waals surface area contributed by atoms with Crippen LogP contribution in [0, 0.1) is 0 Å². The fourth-order valence-electron chi connectivity index (χ4n) is 2.90. The van der Waals surface area contributed by atoms with Crippen LogP contribution in [0.25, 0.3) is 23.3 Å². The SMILES string of the molecule is C1=c2cc3cccccc-3c2=Cc2ccccc2C1. The summed E-state index contributed by atoms with van der Waals surface area (Å²) in [6.45, 7) is 0. The van der Waals surface area contributed by atoms with E-state index in [4.69, 9.17) is 0 Å². The highest BCUT2D eigenvalue weighted by Crippen LogP contribution is 2.18. The van der Waals surface area contributed by atoms with Gasteiger partial charge in [0.25, 0.3) is 0 Å².